The molecule has 0 aliphatic carbocycles. The summed E-state index contributed by atoms with van der Waals surface area (Å²) in [5.41, 5.74) is 9.81. The molecule has 0 aliphatic heterocycles. The highest BCUT2D eigenvalue weighted by molar-refractivity contribution is 5.96. The minimum absolute atomic E-state index is 0.325. The summed E-state index contributed by atoms with van der Waals surface area (Å²) in [5, 5.41) is 2.39. The molecular weight excluding hydrogens is 234 g/mol. The van der Waals surface area contributed by atoms with Crippen molar-refractivity contribution in [1.82, 2.24) is 9.97 Å². The molecule has 2 N–H and O–H groups in total. The van der Waals surface area contributed by atoms with Gasteiger partial charge in [0.15, 0.2) is 0 Å². The minimum Gasteiger partial charge on any atom is -0.368 e. The maximum atomic E-state index is 5.79. The van der Waals surface area contributed by atoms with Crippen LogP contribution in [0.5, 0.6) is 0 Å². The summed E-state index contributed by atoms with van der Waals surface area (Å²) in [5.74, 6) is 0.325. The van der Waals surface area contributed by atoms with E-state index in [4.69, 9.17) is 5.73 Å². The Kier molecular flexibility index (Phi) is 2.67. The second-order valence-electron chi connectivity index (χ2n) is 4.67. The average Bonchev–Trinajstić information content (AvgIpc) is 2.42. The molecule has 2 aromatic carbocycles. The first kappa shape index (κ1) is 11.7. The summed E-state index contributed by atoms with van der Waals surface area (Å²) in [6.45, 7) is 3.99. The maximum Gasteiger partial charge on any atom is 0.220 e. The highest BCUT2D eigenvalue weighted by atomic mass is 15.0. The number of nitrogens with two attached hydrogens (primary N) is 1. The lowest BCUT2D eigenvalue weighted by Gasteiger charge is -2.11. The molecule has 0 aliphatic rings. The number of hydrogen-bond acceptors (Lipinski definition) is 3. The summed E-state index contributed by atoms with van der Waals surface area (Å²) in [7, 11) is 0. The fourth-order valence-corrected chi connectivity index (χ4v) is 2.34. The van der Waals surface area contributed by atoms with E-state index in [1.54, 1.807) is 0 Å². The van der Waals surface area contributed by atoms with Gasteiger partial charge in [0.05, 0.1) is 5.69 Å². The van der Waals surface area contributed by atoms with Crippen molar-refractivity contribution in [3.63, 3.8) is 0 Å². The Morgan fingerprint density at radius 3 is 2.47 bits per heavy atom. The third-order valence-corrected chi connectivity index (χ3v) is 3.45. The van der Waals surface area contributed by atoms with E-state index in [1.807, 2.05) is 32.0 Å². The Morgan fingerprint density at radius 2 is 1.63 bits per heavy atom. The molecule has 0 amide bonds. The first-order chi connectivity index (χ1) is 9.16. The van der Waals surface area contributed by atoms with Crippen LogP contribution >= 0.6 is 0 Å². The van der Waals surface area contributed by atoms with E-state index < -0.39 is 0 Å². The van der Waals surface area contributed by atoms with Gasteiger partial charge in [-0.2, -0.15) is 0 Å². The lowest BCUT2D eigenvalue weighted by molar-refractivity contribution is 1.08. The van der Waals surface area contributed by atoms with E-state index in [0.717, 1.165) is 22.5 Å². The Morgan fingerprint density at radius 1 is 0.895 bits per heavy atom. The largest absolute Gasteiger partial charge is 0.368 e. The predicted molar refractivity (Wildman–Crippen MR) is 78.9 cm³/mol. The Bertz CT molecular complexity index is 758. The van der Waals surface area contributed by atoms with Gasteiger partial charge in [0.2, 0.25) is 5.95 Å². The van der Waals surface area contributed by atoms with Gasteiger partial charge < -0.3 is 5.73 Å². The third-order valence-electron chi connectivity index (χ3n) is 3.45. The van der Waals surface area contributed by atoms with Crippen molar-refractivity contribution in [3.8, 4) is 11.3 Å². The Balaban J connectivity index is 2.37. The third kappa shape index (κ3) is 1.93. The smallest absolute Gasteiger partial charge is 0.220 e. The summed E-state index contributed by atoms with van der Waals surface area (Å²) >= 11 is 0. The molecule has 0 saturated heterocycles. The lowest BCUT2D eigenvalue weighted by atomic mass is 9.99. The fourth-order valence-electron chi connectivity index (χ4n) is 2.34. The van der Waals surface area contributed by atoms with E-state index in [9.17, 15) is 0 Å². The van der Waals surface area contributed by atoms with Gasteiger partial charge >= 0.3 is 0 Å². The number of anilines is 1. The number of aryl methyl sites for hydroxylation is 1. The van der Waals surface area contributed by atoms with E-state index >= 15 is 0 Å². The molecule has 1 heterocycles. The van der Waals surface area contributed by atoms with Crippen molar-refractivity contribution in [2.45, 2.75) is 13.8 Å². The van der Waals surface area contributed by atoms with E-state index in [1.165, 1.54) is 10.8 Å². The molecule has 0 unspecified atom stereocenters. The van der Waals surface area contributed by atoms with Gasteiger partial charge in [0, 0.05) is 11.3 Å². The molecule has 3 nitrogen and oxygen atoms in total. The van der Waals surface area contributed by atoms with Crippen molar-refractivity contribution < 1.29 is 0 Å². The number of nitrogens with zero attached hydrogens (tertiary/aromatic N) is 2. The van der Waals surface area contributed by atoms with Gasteiger partial charge in [0.1, 0.15) is 0 Å². The monoisotopic (exact) mass is 249 g/mol. The van der Waals surface area contributed by atoms with Crippen LogP contribution in [0.2, 0.25) is 0 Å². The zero-order chi connectivity index (χ0) is 13.4. The van der Waals surface area contributed by atoms with Crippen molar-refractivity contribution in [2.75, 3.05) is 5.73 Å². The Labute approximate surface area is 112 Å². The zero-order valence-corrected chi connectivity index (χ0v) is 11.0. The molecule has 0 atom stereocenters. The number of hydrogen-bond donors (Lipinski definition) is 1. The van der Waals surface area contributed by atoms with Crippen molar-refractivity contribution in [2.24, 2.45) is 0 Å². The topological polar surface area (TPSA) is 51.8 Å². The summed E-state index contributed by atoms with van der Waals surface area (Å²) < 4.78 is 0. The highest BCUT2D eigenvalue weighted by Crippen LogP contribution is 2.30. The van der Waals surface area contributed by atoms with Crippen LogP contribution in [0.25, 0.3) is 22.0 Å². The number of rotatable bonds is 1. The van der Waals surface area contributed by atoms with E-state index in [0.29, 0.717) is 5.95 Å². The number of nitrogen functional groups attached to an aromatic ring is 1. The van der Waals surface area contributed by atoms with Crippen LogP contribution in [0.3, 0.4) is 0 Å². The zero-order valence-electron chi connectivity index (χ0n) is 11.0. The molecule has 3 aromatic rings. The van der Waals surface area contributed by atoms with Gasteiger partial charge in [-0.1, -0.05) is 42.5 Å². The number of aromatic nitrogens is 2. The fraction of sp³-hybridized carbons (Fsp3) is 0.125. The van der Waals surface area contributed by atoms with Gasteiger partial charge in [-0.05, 0) is 30.2 Å². The van der Waals surface area contributed by atoms with Crippen LogP contribution in [-0.4, -0.2) is 9.97 Å². The van der Waals surface area contributed by atoms with Crippen LogP contribution in [0, 0.1) is 13.8 Å². The van der Waals surface area contributed by atoms with E-state index in [2.05, 4.69) is 34.2 Å². The SMILES string of the molecule is Cc1nc(N)nc(-c2cccc3ccccc23)c1C. The second kappa shape index (κ2) is 4.35. The molecular formula is C16H15N3. The maximum absolute atomic E-state index is 5.79. The average molecular weight is 249 g/mol. The minimum atomic E-state index is 0.325. The van der Waals surface area contributed by atoms with Crippen LogP contribution in [-0.2, 0) is 0 Å². The van der Waals surface area contributed by atoms with Crippen molar-refractivity contribution in [3.05, 3.63) is 53.7 Å². The molecule has 1 aromatic heterocycles. The molecule has 3 rings (SSSR count). The van der Waals surface area contributed by atoms with Gasteiger partial charge in [0.25, 0.3) is 0 Å². The van der Waals surface area contributed by atoms with Crippen LogP contribution < -0.4 is 5.73 Å². The number of benzene rings is 2. The second-order valence-corrected chi connectivity index (χ2v) is 4.67. The van der Waals surface area contributed by atoms with Crippen molar-refractivity contribution in [1.29, 1.82) is 0 Å². The molecule has 0 spiro atoms. The van der Waals surface area contributed by atoms with Gasteiger partial charge in [-0.15, -0.1) is 0 Å². The summed E-state index contributed by atoms with van der Waals surface area (Å²) in [6.07, 6.45) is 0. The molecule has 3 heteroatoms. The van der Waals surface area contributed by atoms with Gasteiger partial charge in [-0.3, -0.25) is 0 Å². The molecule has 0 radical (unpaired) electrons. The molecule has 0 saturated carbocycles. The molecule has 0 bridgehead atoms. The van der Waals surface area contributed by atoms with Crippen LogP contribution in [0.15, 0.2) is 42.5 Å². The Hall–Kier alpha value is -2.42. The first-order valence-corrected chi connectivity index (χ1v) is 6.25. The van der Waals surface area contributed by atoms with Crippen molar-refractivity contribution >= 4 is 16.7 Å². The standard InChI is InChI=1S/C16H15N3/c1-10-11(2)18-16(17)19-15(10)14-9-5-7-12-6-3-4-8-13(12)14/h3-9H,1-2H3,(H2,17,18,19). The summed E-state index contributed by atoms with van der Waals surface area (Å²) in [4.78, 5) is 8.63. The first-order valence-electron chi connectivity index (χ1n) is 6.25. The lowest BCUT2D eigenvalue weighted by Crippen LogP contribution is -2.02. The molecule has 19 heavy (non-hydrogen) atoms. The predicted octanol–water partition coefficient (Wildman–Crippen LogP) is 3.50. The summed E-state index contributed by atoms with van der Waals surface area (Å²) in [6, 6.07) is 14.5. The van der Waals surface area contributed by atoms with Crippen LogP contribution in [0.1, 0.15) is 11.3 Å². The van der Waals surface area contributed by atoms with Crippen LogP contribution in [0.4, 0.5) is 5.95 Å². The highest BCUT2D eigenvalue weighted by Gasteiger charge is 2.11. The van der Waals surface area contributed by atoms with Gasteiger partial charge in [-0.25, -0.2) is 9.97 Å². The molecule has 94 valence electrons. The van der Waals surface area contributed by atoms with E-state index in [-0.39, 0.29) is 0 Å². The molecule has 0 fully saturated rings. The number of fused-ring (bicyclic) bond motifs is 1. The quantitative estimate of drug-likeness (QED) is 0.718. The normalized spacial score (nSPS) is 10.8.